The van der Waals surface area contributed by atoms with Crippen molar-refractivity contribution in [2.75, 3.05) is 19.6 Å². The Balaban J connectivity index is 2.29. The first-order valence-electron chi connectivity index (χ1n) is 5.22. The third-order valence-electron chi connectivity index (χ3n) is 2.72. The summed E-state index contributed by atoms with van der Waals surface area (Å²) < 4.78 is 0. The van der Waals surface area contributed by atoms with Crippen molar-refractivity contribution in [1.82, 2.24) is 4.90 Å². The molecule has 1 atom stereocenters. The largest absolute Gasteiger partial charge is 0.369 e. The van der Waals surface area contributed by atoms with Crippen LogP contribution in [-0.4, -0.2) is 30.4 Å². The van der Waals surface area contributed by atoms with Crippen LogP contribution < -0.4 is 5.73 Å². The van der Waals surface area contributed by atoms with Crippen molar-refractivity contribution in [3.05, 3.63) is 0 Å². The van der Waals surface area contributed by atoms with Crippen molar-refractivity contribution in [3.63, 3.8) is 0 Å². The van der Waals surface area contributed by atoms with Gasteiger partial charge in [-0.1, -0.05) is 19.8 Å². The lowest BCUT2D eigenvalue weighted by atomic mass is 10.1. The third-order valence-corrected chi connectivity index (χ3v) is 2.72. The van der Waals surface area contributed by atoms with Gasteiger partial charge in [0.05, 0.1) is 0 Å². The van der Waals surface area contributed by atoms with Gasteiger partial charge in [0.25, 0.3) is 0 Å². The Kier molecular flexibility index (Phi) is 4.22. The fraction of sp³-hybridized carbons (Fsp3) is 0.900. The molecule has 1 heterocycles. The van der Waals surface area contributed by atoms with Gasteiger partial charge in [0, 0.05) is 12.5 Å². The molecule has 0 bridgehead atoms. The standard InChI is InChI=1S/C10H20N2O/c1-9(10(11)13)8-12-6-4-2-3-5-7-12/h9H,2-8H2,1H3,(H2,11,13). The van der Waals surface area contributed by atoms with Crippen LogP contribution in [0.1, 0.15) is 32.6 Å². The summed E-state index contributed by atoms with van der Waals surface area (Å²) in [6, 6.07) is 0. The molecule has 1 aliphatic rings. The predicted molar refractivity (Wildman–Crippen MR) is 53.3 cm³/mol. The fourth-order valence-corrected chi connectivity index (χ4v) is 1.80. The average Bonchev–Trinajstić information content (AvgIpc) is 2.32. The average molecular weight is 184 g/mol. The zero-order valence-electron chi connectivity index (χ0n) is 8.46. The van der Waals surface area contributed by atoms with Crippen molar-refractivity contribution in [2.45, 2.75) is 32.6 Å². The highest BCUT2D eigenvalue weighted by Gasteiger charge is 2.15. The fourth-order valence-electron chi connectivity index (χ4n) is 1.80. The Hall–Kier alpha value is -0.570. The number of nitrogens with two attached hydrogens (primary N) is 1. The third kappa shape index (κ3) is 3.77. The molecule has 0 radical (unpaired) electrons. The molecule has 13 heavy (non-hydrogen) atoms. The Morgan fingerprint density at radius 3 is 2.31 bits per heavy atom. The summed E-state index contributed by atoms with van der Waals surface area (Å²) >= 11 is 0. The van der Waals surface area contributed by atoms with Crippen molar-refractivity contribution in [3.8, 4) is 0 Å². The Bertz CT molecular complexity index is 162. The highest BCUT2D eigenvalue weighted by Crippen LogP contribution is 2.11. The van der Waals surface area contributed by atoms with Crippen LogP contribution in [0.5, 0.6) is 0 Å². The van der Waals surface area contributed by atoms with Gasteiger partial charge < -0.3 is 10.6 Å². The van der Waals surface area contributed by atoms with Crippen molar-refractivity contribution < 1.29 is 4.79 Å². The van der Waals surface area contributed by atoms with Gasteiger partial charge in [-0.3, -0.25) is 4.79 Å². The summed E-state index contributed by atoms with van der Waals surface area (Å²) in [4.78, 5) is 13.2. The minimum absolute atomic E-state index is 0.00176. The van der Waals surface area contributed by atoms with Gasteiger partial charge in [-0.05, 0) is 25.9 Å². The van der Waals surface area contributed by atoms with Crippen LogP contribution in [0.4, 0.5) is 0 Å². The molecule has 0 aliphatic carbocycles. The molecule has 2 N–H and O–H groups in total. The van der Waals surface area contributed by atoms with Crippen molar-refractivity contribution in [2.24, 2.45) is 11.7 Å². The van der Waals surface area contributed by atoms with Gasteiger partial charge in [-0.25, -0.2) is 0 Å². The van der Waals surface area contributed by atoms with Crippen molar-refractivity contribution >= 4 is 5.91 Å². The predicted octanol–water partition coefficient (Wildman–Crippen LogP) is 0.984. The van der Waals surface area contributed by atoms with Crippen LogP contribution in [0.25, 0.3) is 0 Å². The Morgan fingerprint density at radius 1 is 1.31 bits per heavy atom. The quantitative estimate of drug-likeness (QED) is 0.711. The Labute approximate surface area is 80.3 Å². The normalized spacial score (nSPS) is 22.2. The molecule has 1 rings (SSSR count). The molecule has 0 aromatic rings. The van der Waals surface area contributed by atoms with Crippen LogP contribution in [0.15, 0.2) is 0 Å². The molecule has 0 spiro atoms. The molecule has 0 saturated carbocycles. The van der Waals surface area contributed by atoms with E-state index in [9.17, 15) is 4.79 Å². The van der Waals surface area contributed by atoms with E-state index in [-0.39, 0.29) is 11.8 Å². The van der Waals surface area contributed by atoms with E-state index in [1.54, 1.807) is 0 Å². The van der Waals surface area contributed by atoms with Gasteiger partial charge in [0.15, 0.2) is 0 Å². The molecule has 3 heteroatoms. The SMILES string of the molecule is CC(CN1CCCCCC1)C(N)=O. The van der Waals surface area contributed by atoms with Crippen LogP contribution in [0.3, 0.4) is 0 Å². The van der Waals surface area contributed by atoms with Crippen LogP contribution in [0.2, 0.25) is 0 Å². The number of likely N-dealkylation sites (tertiary alicyclic amines) is 1. The van der Waals surface area contributed by atoms with Gasteiger partial charge in [-0.15, -0.1) is 0 Å². The molecule has 3 nitrogen and oxygen atoms in total. The number of carbonyl (C=O) groups excluding carboxylic acids is 1. The number of rotatable bonds is 3. The van der Waals surface area contributed by atoms with Gasteiger partial charge in [0.1, 0.15) is 0 Å². The molecule has 76 valence electrons. The maximum Gasteiger partial charge on any atom is 0.221 e. The summed E-state index contributed by atoms with van der Waals surface area (Å²) in [5.41, 5.74) is 5.23. The maximum absolute atomic E-state index is 10.9. The zero-order chi connectivity index (χ0) is 9.68. The molecule has 1 saturated heterocycles. The number of primary amides is 1. The molecule has 1 fully saturated rings. The van der Waals surface area contributed by atoms with E-state index in [4.69, 9.17) is 5.73 Å². The summed E-state index contributed by atoms with van der Waals surface area (Å²) in [5, 5.41) is 0. The van der Waals surface area contributed by atoms with E-state index in [0.717, 1.165) is 19.6 Å². The summed E-state index contributed by atoms with van der Waals surface area (Å²) in [6.07, 6.45) is 5.21. The first kappa shape index (κ1) is 10.5. The minimum atomic E-state index is -0.177. The van der Waals surface area contributed by atoms with E-state index in [1.807, 2.05) is 6.92 Å². The van der Waals surface area contributed by atoms with Crippen molar-refractivity contribution in [1.29, 1.82) is 0 Å². The zero-order valence-corrected chi connectivity index (χ0v) is 8.46. The number of amides is 1. The van der Waals surface area contributed by atoms with Crippen LogP contribution >= 0.6 is 0 Å². The van der Waals surface area contributed by atoms with Gasteiger partial charge in [0.2, 0.25) is 5.91 Å². The van der Waals surface area contributed by atoms with E-state index < -0.39 is 0 Å². The van der Waals surface area contributed by atoms with Crippen LogP contribution in [-0.2, 0) is 4.79 Å². The second-order valence-electron chi connectivity index (χ2n) is 4.02. The summed E-state index contributed by atoms with van der Waals surface area (Å²) in [7, 11) is 0. The number of hydrogen-bond acceptors (Lipinski definition) is 2. The summed E-state index contributed by atoms with van der Waals surface area (Å²) in [5.74, 6) is -0.178. The first-order valence-corrected chi connectivity index (χ1v) is 5.22. The molecule has 0 aromatic heterocycles. The maximum atomic E-state index is 10.9. The number of hydrogen-bond donors (Lipinski definition) is 1. The second-order valence-corrected chi connectivity index (χ2v) is 4.02. The molecule has 1 unspecified atom stereocenters. The van der Waals surface area contributed by atoms with Crippen LogP contribution in [0, 0.1) is 5.92 Å². The highest BCUT2D eigenvalue weighted by atomic mass is 16.1. The van der Waals surface area contributed by atoms with E-state index >= 15 is 0 Å². The van der Waals surface area contributed by atoms with E-state index in [2.05, 4.69) is 4.90 Å². The smallest absolute Gasteiger partial charge is 0.221 e. The van der Waals surface area contributed by atoms with E-state index in [0.29, 0.717) is 0 Å². The topological polar surface area (TPSA) is 46.3 Å². The van der Waals surface area contributed by atoms with Gasteiger partial charge in [-0.2, -0.15) is 0 Å². The monoisotopic (exact) mass is 184 g/mol. The number of nitrogens with zero attached hydrogens (tertiary/aromatic N) is 1. The minimum Gasteiger partial charge on any atom is -0.369 e. The number of carbonyl (C=O) groups is 1. The highest BCUT2D eigenvalue weighted by molar-refractivity contribution is 5.76. The lowest BCUT2D eigenvalue weighted by Crippen LogP contribution is -2.35. The molecule has 0 aromatic carbocycles. The lowest BCUT2D eigenvalue weighted by Gasteiger charge is -2.22. The molecular weight excluding hydrogens is 164 g/mol. The van der Waals surface area contributed by atoms with Gasteiger partial charge >= 0.3 is 0 Å². The lowest BCUT2D eigenvalue weighted by molar-refractivity contribution is -0.121. The Morgan fingerprint density at radius 2 is 1.85 bits per heavy atom. The molecule has 1 aliphatic heterocycles. The first-order chi connectivity index (χ1) is 6.20. The second kappa shape index (κ2) is 5.22. The summed E-state index contributed by atoms with van der Waals surface area (Å²) in [6.45, 7) is 5.03. The van der Waals surface area contributed by atoms with E-state index in [1.165, 1.54) is 25.7 Å². The molecular formula is C10H20N2O. The molecule has 1 amide bonds.